The van der Waals surface area contributed by atoms with E-state index in [2.05, 4.69) is 37.0 Å². The summed E-state index contributed by atoms with van der Waals surface area (Å²) in [5.41, 5.74) is 3.14. The van der Waals surface area contributed by atoms with Crippen molar-refractivity contribution in [3.8, 4) is 0 Å². The average molecular weight is 290 g/mol. The van der Waals surface area contributed by atoms with Crippen molar-refractivity contribution in [2.24, 2.45) is 0 Å². The number of nitrogens with zero attached hydrogens (tertiary/aromatic N) is 2. The molecule has 0 fully saturated rings. The van der Waals surface area contributed by atoms with Crippen LogP contribution in [0.1, 0.15) is 30.9 Å². The van der Waals surface area contributed by atoms with Gasteiger partial charge in [-0.05, 0) is 41.7 Å². The largest absolute Gasteiger partial charge is 0.253 e. The molecule has 0 unspecified atom stereocenters. The Morgan fingerprint density at radius 2 is 2.00 bits per heavy atom. The molecule has 1 aromatic heterocycles. The summed E-state index contributed by atoms with van der Waals surface area (Å²) in [5, 5.41) is 1.09. The number of aromatic nitrogens is 1. The fourth-order valence-electron chi connectivity index (χ4n) is 2.64. The predicted octanol–water partition coefficient (Wildman–Crippen LogP) is 2.68. The molecule has 4 nitrogen and oxygen atoms in total. The second-order valence-electron chi connectivity index (χ2n) is 5.66. The normalized spacial score (nSPS) is 15.1. The second-order valence-corrected chi connectivity index (χ2v) is 7.57. The van der Waals surface area contributed by atoms with Crippen molar-refractivity contribution in [1.82, 2.24) is 4.98 Å². The monoisotopic (exact) mass is 290 g/mol. The first kappa shape index (κ1) is 13.4. The van der Waals surface area contributed by atoms with Crippen molar-refractivity contribution >= 4 is 26.7 Å². The third kappa shape index (κ3) is 2.16. The minimum atomic E-state index is -3.24. The van der Waals surface area contributed by atoms with Crippen molar-refractivity contribution in [1.29, 1.82) is 0 Å². The van der Waals surface area contributed by atoms with E-state index in [1.165, 1.54) is 16.1 Å². The Morgan fingerprint density at radius 1 is 1.25 bits per heavy atom. The molecule has 0 spiro atoms. The molecule has 20 heavy (non-hydrogen) atoms. The van der Waals surface area contributed by atoms with Crippen molar-refractivity contribution in [2.45, 2.75) is 26.2 Å². The molecule has 1 aliphatic heterocycles. The lowest BCUT2D eigenvalue weighted by molar-refractivity contribution is 0.598. The molecule has 0 aliphatic carbocycles. The number of anilines is 1. The van der Waals surface area contributed by atoms with Gasteiger partial charge < -0.3 is 0 Å². The number of hydrogen-bond acceptors (Lipinski definition) is 3. The van der Waals surface area contributed by atoms with Gasteiger partial charge >= 0.3 is 0 Å². The van der Waals surface area contributed by atoms with Gasteiger partial charge in [0.05, 0.1) is 11.8 Å². The van der Waals surface area contributed by atoms with Crippen LogP contribution in [0.2, 0.25) is 0 Å². The number of pyridine rings is 1. The van der Waals surface area contributed by atoms with E-state index in [0.717, 1.165) is 22.9 Å². The van der Waals surface area contributed by atoms with Crippen LogP contribution < -0.4 is 4.31 Å². The quantitative estimate of drug-likeness (QED) is 0.854. The number of benzene rings is 1. The SMILES string of the molecule is CC(C)c1ccc2nc3c(cc2c1)CCN3S(C)(=O)=O. The number of hydrogen-bond donors (Lipinski definition) is 0. The Labute approximate surface area is 119 Å². The molecule has 0 saturated heterocycles. The average Bonchev–Trinajstić information content (AvgIpc) is 2.77. The zero-order valence-electron chi connectivity index (χ0n) is 11.9. The highest BCUT2D eigenvalue weighted by atomic mass is 32.2. The van der Waals surface area contributed by atoms with Gasteiger partial charge in [-0.15, -0.1) is 0 Å². The molecule has 0 radical (unpaired) electrons. The van der Waals surface area contributed by atoms with Crippen LogP contribution in [0.5, 0.6) is 0 Å². The van der Waals surface area contributed by atoms with Gasteiger partial charge in [-0.25, -0.2) is 13.4 Å². The van der Waals surface area contributed by atoms with E-state index in [0.29, 0.717) is 18.3 Å². The Bertz CT molecular complexity index is 782. The van der Waals surface area contributed by atoms with Gasteiger partial charge in [0.2, 0.25) is 10.0 Å². The highest BCUT2D eigenvalue weighted by Gasteiger charge is 2.27. The fraction of sp³-hybridized carbons (Fsp3) is 0.400. The van der Waals surface area contributed by atoms with Crippen LogP contribution in [0.15, 0.2) is 24.3 Å². The molecule has 1 aliphatic rings. The van der Waals surface area contributed by atoms with Crippen molar-refractivity contribution in [3.05, 3.63) is 35.4 Å². The molecular formula is C15H18N2O2S. The summed E-state index contributed by atoms with van der Waals surface area (Å²) in [5.74, 6) is 1.07. The minimum Gasteiger partial charge on any atom is -0.253 e. The summed E-state index contributed by atoms with van der Waals surface area (Å²) in [6.07, 6.45) is 1.97. The van der Waals surface area contributed by atoms with E-state index in [9.17, 15) is 8.42 Å². The Kier molecular flexibility index (Phi) is 2.97. The fourth-order valence-corrected chi connectivity index (χ4v) is 3.53. The Balaban J connectivity index is 2.17. The lowest BCUT2D eigenvalue weighted by Gasteiger charge is -2.15. The number of rotatable bonds is 2. The van der Waals surface area contributed by atoms with E-state index < -0.39 is 10.0 Å². The zero-order valence-corrected chi connectivity index (χ0v) is 12.7. The Hall–Kier alpha value is -1.62. The Morgan fingerprint density at radius 3 is 2.65 bits per heavy atom. The van der Waals surface area contributed by atoms with Crippen molar-refractivity contribution in [3.63, 3.8) is 0 Å². The van der Waals surface area contributed by atoms with E-state index in [1.807, 2.05) is 6.07 Å². The summed E-state index contributed by atoms with van der Waals surface area (Å²) >= 11 is 0. The van der Waals surface area contributed by atoms with Gasteiger partial charge in [-0.2, -0.15) is 0 Å². The van der Waals surface area contributed by atoms with Crippen LogP contribution in [-0.2, 0) is 16.4 Å². The first-order valence-corrected chi connectivity index (χ1v) is 8.62. The van der Waals surface area contributed by atoms with Gasteiger partial charge in [0.15, 0.2) is 0 Å². The molecule has 0 N–H and O–H groups in total. The summed E-state index contributed by atoms with van der Waals surface area (Å²) < 4.78 is 24.9. The van der Waals surface area contributed by atoms with Gasteiger partial charge in [-0.1, -0.05) is 19.9 Å². The summed E-state index contributed by atoms with van der Waals surface area (Å²) in [7, 11) is -3.24. The van der Waals surface area contributed by atoms with Gasteiger partial charge in [0.1, 0.15) is 5.82 Å². The van der Waals surface area contributed by atoms with Crippen LogP contribution in [0.4, 0.5) is 5.82 Å². The third-order valence-corrected chi connectivity index (χ3v) is 4.94. The third-order valence-electron chi connectivity index (χ3n) is 3.78. The molecule has 0 amide bonds. The predicted molar refractivity (Wildman–Crippen MR) is 81.7 cm³/mol. The minimum absolute atomic E-state index is 0.472. The highest BCUT2D eigenvalue weighted by molar-refractivity contribution is 7.92. The topological polar surface area (TPSA) is 50.3 Å². The summed E-state index contributed by atoms with van der Waals surface area (Å²) in [6, 6.07) is 8.26. The van der Waals surface area contributed by atoms with E-state index in [1.54, 1.807) is 0 Å². The van der Waals surface area contributed by atoms with Crippen molar-refractivity contribution < 1.29 is 8.42 Å². The molecule has 2 aromatic rings. The molecule has 5 heteroatoms. The maximum Gasteiger partial charge on any atom is 0.233 e. The van der Waals surface area contributed by atoms with E-state index >= 15 is 0 Å². The molecule has 106 valence electrons. The van der Waals surface area contributed by atoms with Crippen LogP contribution in [0.25, 0.3) is 10.9 Å². The standard InChI is InChI=1S/C15H18N2O2S/c1-10(2)11-4-5-14-13(8-11)9-12-6-7-17(15(12)16-14)20(3,18)19/h4-5,8-10H,6-7H2,1-3H3. The summed E-state index contributed by atoms with van der Waals surface area (Å²) in [4.78, 5) is 4.55. The van der Waals surface area contributed by atoms with Crippen LogP contribution in [0, 0.1) is 0 Å². The molecule has 0 atom stereocenters. The smallest absolute Gasteiger partial charge is 0.233 e. The summed E-state index contributed by atoms with van der Waals surface area (Å²) in [6.45, 7) is 4.81. The lowest BCUT2D eigenvalue weighted by atomic mass is 10.0. The molecule has 1 aromatic carbocycles. The van der Waals surface area contributed by atoms with Gasteiger partial charge in [0.25, 0.3) is 0 Å². The molecular weight excluding hydrogens is 272 g/mol. The first-order valence-electron chi connectivity index (χ1n) is 6.77. The zero-order chi connectivity index (χ0) is 14.5. The van der Waals surface area contributed by atoms with Gasteiger partial charge in [0, 0.05) is 11.9 Å². The highest BCUT2D eigenvalue weighted by Crippen LogP contribution is 2.31. The number of fused-ring (bicyclic) bond motifs is 2. The lowest BCUT2D eigenvalue weighted by Crippen LogP contribution is -2.28. The van der Waals surface area contributed by atoms with Gasteiger partial charge in [-0.3, -0.25) is 4.31 Å². The first-order chi connectivity index (χ1) is 9.36. The maximum atomic E-state index is 11.8. The van der Waals surface area contributed by atoms with E-state index in [4.69, 9.17) is 0 Å². The van der Waals surface area contributed by atoms with Crippen LogP contribution in [0.3, 0.4) is 0 Å². The molecule has 2 heterocycles. The molecule has 0 saturated carbocycles. The van der Waals surface area contributed by atoms with Crippen LogP contribution >= 0.6 is 0 Å². The maximum absolute atomic E-state index is 11.8. The second kappa shape index (κ2) is 4.45. The number of sulfonamides is 1. The van der Waals surface area contributed by atoms with Crippen molar-refractivity contribution in [2.75, 3.05) is 17.1 Å². The van der Waals surface area contributed by atoms with E-state index in [-0.39, 0.29) is 0 Å². The van der Waals surface area contributed by atoms with Crippen LogP contribution in [-0.4, -0.2) is 26.2 Å². The molecule has 0 bridgehead atoms. The molecule has 3 rings (SSSR count).